The van der Waals surface area contributed by atoms with Gasteiger partial charge < -0.3 is 14.8 Å². The van der Waals surface area contributed by atoms with Gasteiger partial charge in [-0.05, 0) is 36.2 Å². The minimum atomic E-state index is -4.49. The highest BCUT2D eigenvalue weighted by Gasteiger charge is 2.32. The van der Waals surface area contributed by atoms with E-state index in [1.165, 1.54) is 17.0 Å². The number of nitrogens with zero attached hydrogens (tertiary/aromatic N) is 2. The number of carbonyl (C=O) groups excluding carboxylic acids is 2. The third kappa shape index (κ3) is 4.57. The van der Waals surface area contributed by atoms with Gasteiger partial charge in [-0.1, -0.05) is 24.3 Å². The third-order valence-corrected chi connectivity index (χ3v) is 5.64. The van der Waals surface area contributed by atoms with Crippen LogP contribution < -0.4 is 0 Å². The molecule has 2 heterocycles. The molecule has 0 spiro atoms. The van der Waals surface area contributed by atoms with Crippen LogP contribution in [0.4, 0.5) is 13.2 Å². The zero-order valence-corrected chi connectivity index (χ0v) is 16.8. The predicted octanol–water partition coefficient (Wildman–Crippen LogP) is 4.10. The molecule has 5 nitrogen and oxygen atoms in total. The smallest absolute Gasteiger partial charge is 0.361 e. The number of aromatic nitrogens is 1. The average Bonchev–Trinajstić information content (AvgIpc) is 3.20. The summed E-state index contributed by atoms with van der Waals surface area (Å²) in [5.74, 6) is -0.437. The third-order valence-electron chi connectivity index (χ3n) is 5.64. The second kappa shape index (κ2) is 8.45. The van der Waals surface area contributed by atoms with Gasteiger partial charge in [0.1, 0.15) is 0 Å². The number of benzene rings is 2. The van der Waals surface area contributed by atoms with Gasteiger partial charge in [0.25, 0.3) is 5.91 Å². The fourth-order valence-corrected chi connectivity index (χ4v) is 3.91. The van der Waals surface area contributed by atoms with Crippen LogP contribution in [0.2, 0.25) is 0 Å². The van der Waals surface area contributed by atoms with E-state index in [2.05, 4.69) is 4.98 Å². The van der Waals surface area contributed by atoms with Crippen LogP contribution in [0.1, 0.15) is 27.9 Å². The lowest BCUT2D eigenvalue weighted by atomic mass is 10.1. The number of hydrogen-bond donors (Lipinski definition) is 1. The molecule has 1 fully saturated rings. The van der Waals surface area contributed by atoms with Crippen LogP contribution in [0.25, 0.3) is 10.9 Å². The number of para-hydroxylation sites is 1. The van der Waals surface area contributed by atoms with Crippen LogP contribution in [-0.4, -0.2) is 52.8 Å². The van der Waals surface area contributed by atoms with Crippen molar-refractivity contribution in [3.63, 3.8) is 0 Å². The molecule has 8 heteroatoms. The summed E-state index contributed by atoms with van der Waals surface area (Å²) in [6, 6.07) is 12.4. The lowest BCUT2D eigenvalue weighted by molar-refractivity contribution is -0.137. The normalized spacial score (nSPS) is 14.8. The Morgan fingerprint density at radius 1 is 0.935 bits per heavy atom. The quantitative estimate of drug-likeness (QED) is 0.679. The minimum Gasteiger partial charge on any atom is -0.361 e. The minimum absolute atomic E-state index is 0.00828. The van der Waals surface area contributed by atoms with Crippen LogP contribution in [0.3, 0.4) is 0 Å². The van der Waals surface area contributed by atoms with Gasteiger partial charge >= 0.3 is 6.18 Å². The molecule has 0 bridgehead atoms. The summed E-state index contributed by atoms with van der Waals surface area (Å²) in [4.78, 5) is 31.6. The first-order valence-corrected chi connectivity index (χ1v) is 10.1. The first-order valence-electron chi connectivity index (χ1n) is 10.1. The van der Waals surface area contributed by atoms with E-state index in [-0.39, 0.29) is 11.5 Å². The largest absolute Gasteiger partial charge is 0.416 e. The SMILES string of the molecule is O=C(CCc1c[nH]c2ccccc12)N1CCN(C(=O)c2cccc(C(F)(F)F)c2)CC1. The Morgan fingerprint density at radius 2 is 1.65 bits per heavy atom. The number of alkyl halides is 3. The van der Waals surface area contributed by atoms with Gasteiger partial charge in [-0.3, -0.25) is 9.59 Å². The summed E-state index contributed by atoms with van der Waals surface area (Å²) < 4.78 is 38.7. The molecule has 2 aromatic carbocycles. The van der Waals surface area contributed by atoms with E-state index in [9.17, 15) is 22.8 Å². The second-order valence-corrected chi connectivity index (χ2v) is 7.61. The van der Waals surface area contributed by atoms with E-state index in [0.29, 0.717) is 39.0 Å². The molecule has 0 radical (unpaired) electrons. The Labute approximate surface area is 177 Å². The summed E-state index contributed by atoms with van der Waals surface area (Å²) >= 11 is 0. The van der Waals surface area contributed by atoms with Gasteiger partial charge in [0.15, 0.2) is 0 Å². The van der Waals surface area contributed by atoms with E-state index in [0.717, 1.165) is 28.6 Å². The van der Waals surface area contributed by atoms with Gasteiger partial charge in [0, 0.05) is 55.3 Å². The van der Waals surface area contributed by atoms with Crippen LogP contribution >= 0.6 is 0 Å². The van der Waals surface area contributed by atoms with E-state index < -0.39 is 17.6 Å². The molecular formula is C23H22F3N3O2. The Hall–Kier alpha value is -3.29. The van der Waals surface area contributed by atoms with Crippen molar-refractivity contribution in [2.24, 2.45) is 0 Å². The molecule has 0 saturated carbocycles. The lowest BCUT2D eigenvalue weighted by Gasteiger charge is -2.35. The Morgan fingerprint density at radius 3 is 2.39 bits per heavy atom. The standard InChI is InChI=1S/C23H22F3N3O2/c24-23(25,26)18-5-3-4-16(14-18)22(31)29-12-10-28(11-13-29)21(30)9-8-17-15-27-20-7-2-1-6-19(17)20/h1-7,14-15,27H,8-13H2. The Bertz CT molecular complexity index is 1100. The predicted molar refractivity (Wildman–Crippen MR) is 111 cm³/mol. The number of hydrogen-bond acceptors (Lipinski definition) is 2. The van der Waals surface area contributed by atoms with Crippen molar-refractivity contribution in [2.45, 2.75) is 19.0 Å². The highest BCUT2D eigenvalue weighted by atomic mass is 19.4. The number of halogens is 3. The molecule has 0 atom stereocenters. The second-order valence-electron chi connectivity index (χ2n) is 7.61. The number of aromatic amines is 1. The van der Waals surface area contributed by atoms with Crippen molar-refractivity contribution >= 4 is 22.7 Å². The zero-order valence-electron chi connectivity index (χ0n) is 16.8. The monoisotopic (exact) mass is 429 g/mol. The molecule has 0 unspecified atom stereocenters. The molecule has 1 N–H and O–H groups in total. The lowest BCUT2D eigenvalue weighted by Crippen LogP contribution is -2.50. The Balaban J connectivity index is 1.32. The maximum absolute atomic E-state index is 12.9. The van der Waals surface area contributed by atoms with Crippen LogP contribution in [0, 0.1) is 0 Å². The maximum atomic E-state index is 12.9. The number of carbonyl (C=O) groups is 2. The first kappa shape index (κ1) is 21.0. The number of amides is 2. The molecule has 3 aromatic rings. The molecule has 4 rings (SSSR count). The number of piperazine rings is 1. The maximum Gasteiger partial charge on any atom is 0.416 e. The number of fused-ring (bicyclic) bond motifs is 1. The summed E-state index contributed by atoms with van der Waals surface area (Å²) in [5, 5.41) is 1.10. The molecule has 0 aliphatic carbocycles. The number of H-pyrrole nitrogens is 1. The van der Waals surface area contributed by atoms with Crippen molar-refractivity contribution < 1.29 is 22.8 Å². The summed E-state index contributed by atoms with van der Waals surface area (Å²) in [6.45, 7) is 1.34. The summed E-state index contributed by atoms with van der Waals surface area (Å²) in [6.07, 6.45) is -1.59. The molecule has 162 valence electrons. The molecule has 1 aliphatic rings. The fourth-order valence-electron chi connectivity index (χ4n) is 3.91. The van der Waals surface area contributed by atoms with Gasteiger partial charge in [-0.2, -0.15) is 13.2 Å². The van der Waals surface area contributed by atoms with Gasteiger partial charge in [-0.25, -0.2) is 0 Å². The zero-order chi connectivity index (χ0) is 22.0. The molecule has 31 heavy (non-hydrogen) atoms. The van der Waals surface area contributed by atoms with Gasteiger partial charge in [-0.15, -0.1) is 0 Å². The van der Waals surface area contributed by atoms with Crippen LogP contribution in [0.5, 0.6) is 0 Å². The topological polar surface area (TPSA) is 56.4 Å². The van der Waals surface area contributed by atoms with Crippen molar-refractivity contribution in [1.29, 1.82) is 0 Å². The number of aryl methyl sites for hydroxylation is 1. The first-order chi connectivity index (χ1) is 14.8. The number of rotatable bonds is 4. The van der Waals surface area contributed by atoms with Crippen LogP contribution in [0.15, 0.2) is 54.7 Å². The van der Waals surface area contributed by atoms with E-state index >= 15 is 0 Å². The van der Waals surface area contributed by atoms with E-state index in [1.807, 2.05) is 30.5 Å². The Kier molecular flexibility index (Phi) is 5.71. The average molecular weight is 429 g/mol. The highest BCUT2D eigenvalue weighted by Crippen LogP contribution is 2.30. The van der Waals surface area contributed by atoms with Crippen LogP contribution in [-0.2, 0) is 17.4 Å². The number of nitrogens with one attached hydrogen (secondary N) is 1. The van der Waals surface area contributed by atoms with E-state index in [1.54, 1.807) is 4.90 Å². The summed E-state index contributed by atoms with van der Waals surface area (Å²) in [7, 11) is 0. The molecule has 1 aliphatic heterocycles. The van der Waals surface area contributed by atoms with Crippen molar-refractivity contribution in [3.8, 4) is 0 Å². The highest BCUT2D eigenvalue weighted by molar-refractivity contribution is 5.94. The summed E-state index contributed by atoms with van der Waals surface area (Å²) in [5.41, 5.74) is 1.28. The molecule has 1 saturated heterocycles. The van der Waals surface area contributed by atoms with Gasteiger partial charge in [0.05, 0.1) is 5.56 Å². The van der Waals surface area contributed by atoms with Crippen molar-refractivity contribution in [3.05, 3.63) is 71.4 Å². The van der Waals surface area contributed by atoms with E-state index in [4.69, 9.17) is 0 Å². The van der Waals surface area contributed by atoms with Crippen molar-refractivity contribution in [1.82, 2.24) is 14.8 Å². The molecule has 2 amide bonds. The fraction of sp³-hybridized carbons (Fsp3) is 0.304. The van der Waals surface area contributed by atoms with Crippen molar-refractivity contribution in [2.75, 3.05) is 26.2 Å². The van der Waals surface area contributed by atoms with Gasteiger partial charge in [0.2, 0.25) is 5.91 Å². The molecular weight excluding hydrogens is 407 g/mol. The molecule has 1 aromatic heterocycles.